The highest BCUT2D eigenvalue weighted by Crippen LogP contribution is 2.26. The zero-order valence-electron chi connectivity index (χ0n) is 15.2. The summed E-state index contributed by atoms with van der Waals surface area (Å²) in [5.74, 6) is 0.902. The molecule has 3 aromatic rings. The van der Waals surface area contributed by atoms with Crippen molar-refractivity contribution in [1.29, 1.82) is 0 Å². The normalized spacial score (nSPS) is 16.5. The fourth-order valence-corrected chi connectivity index (χ4v) is 3.46. The van der Waals surface area contributed by atoms with Gasteiger partial charge in [0.1, 0.15) is 24.5 Å². The molecule has 0 aliphatic carbocycles. The molecule has 0 amide bonds. The van der Waals surface area contributed by atoms with Gasteiger partial charge in [-0.15, -0.1) is 0 Å². The van der Waals surface area contributed by atoms with Gasteiger partial charge in [-0.05, 0) is 29.8 Å². The second kappa shape index (κ2) is 6.80. The number of quaternary nitrogens is 1. The molecular weight excluding hydrogens is 326 g/mol. The highest BCUT2D eigenvalue weighted by molar-refractivity contribution is 5.60. The van der Waals surface area contributed by atoms with Crippen molar-refractivity contribution in [3.8, 4) is 16.9 Å². The lowest BCUT2D eigenvalue weighted by Gasteiger charge is -2.42. The van der Waals surface area contributed by atoms with Crippen molar-refractivity contribution in [3.05, 3.63) is 61.2 Å². The van der Waals surface area contributed by atoms with Crippen LogP contribution in [0.15, 0.2) is 61.2 Å². The van der Waals surface area contributed by atoms with Crippen LogP contribution < -0.4 is 14.2 Å². The van der Waals surface area contributed by atoms with Crippen LogP contribution in [0.3, 0.4) is 0 Å². The average Bonchev–Trinajstić information content (AvgIpc) is 3.19. The number of likely N-dealkylation sites (N-methyl/N-ethyl adjacent to an activating group) is 1. The third-order valence-corrected chi connectivity index (χ3v) is 5.27. The second-order valence-electron chi connectivity index (χ2n) is 6.88. The van der Waals surface area contributed by atoms with Gasteiger partial charge in [-0.25, -0.2) is 0 Å². The molecule has 1 saturated heterocycles. The van der Waals surface area contributed by atoms with E-state index in [-0.39, 0.29) is 0 Å². The molecule has 0 bridgehead atoms. The van der Waals surface area contributed by atoms with E-state index in [9.17, 15) is 0 Å². The van der Waals surface area contributed by atoms with E-state index in [1.54, 1.807) is 7.11 Å². The number of rotatable bonds is 4. The lowest BCUT2D eigenvalue weighted by Crippen LogP contribution is -2.61. The zero-order valence-corrected chi connectivity index (χ0v) is 15.2. The number of pyridine rings is 1. The molecule has 4 rings (SSSR count). The van der Waals surface area contributed by atoms with Crippen LogP contribution in [-0.4, -0.2) is 55.2 Å². The first-order valence-electron chi connectivity index (χ1n) is 8.87. The lowest BCUT2D eigenvalue weighted by atomic mass is 10.1. The van der Waals surface area contributed by atoms with E-state index in [1.165, 1.54) is 5.69 Å². The maximum absolute atomic E-state index is 5.27. The van der Waals surface area contributed by atoms with Gasteiger partial charge in [0.15, 0.2) is 0 Å². The molecule has 0 saturated carbocycles. The van der Waals surface area contributed by atoms with Crippen molar-refractivity contribution in [1.82, 2.24) is 19.4 Å². The minimum Gasteiger partial charge on any atom is -0.497 e. The highest BCUT2D eigenvalue weighted by atomic mass is 16.5. The van der Waals surface area contributed by atoms with Crippen molar-refractivity contribution in [2.75, 3.05) is 45.3 Å². The summed E-state index contributed by atoms with van der Waals surface area (Å²) in [4.78, 5) is 6.06. The van der Waals surface area contributed by atoms with Gasteiger partial charge in [0.25, 0.3) is 0 Å². The van der Waals surface area contributed by atoms with Gasteiger partial charge in [0.05, 0.1) is 39.6 Å². The van der Waals surface area contributed by atoms with E-state index < -0.39 is 0 Å². The lowest BCUT2D eigenvalue weighted by molar-refractivity contribution is 0.278. The van der Waals surface area contributed by atoms with E-state index in [4.69, 9.17) is 4.74 Å². The van der Waals surface area contributed by atoms with E-state index >= 15 is 0 Å². The van der Waals surface area contributed by atoms with Gasteiger partial charge in [0.2, 0.25) is 0 Å². The predicted octanol–water partition coefficient (Wildman–Crippen LogP) is 2.54. The van der Waals surface area contributed by atoms with Crippen LogP contribution in [0.5, 0.6) is 5.75 Å². The van der Waals surface area contributed by atoms with Crippen molar-refractivity contribution in [3.63, 3.8) is 0 Å². The molecule has 6 nitrogen and oxygen atoms in total. The number of hydrogen-bond donors (Lipinski definition) is 0. The number of aromatic nitrogens is 3. The Morgan fingerprint density at radius 3 is 2.31 bits per heavy atom. The molecule has 0 spiro atoms. The number of benzene rings is 1. The molecule has 0 unspecified atom stereocenters. The van der Waals surface area contributed by atoms with Gasteiger partial charge >= 0.3 is 0 Å². The zero-order chi connectivity index (χ0) is 18.0. The molecule has 6 heteroatoms. The number of methoxy groups -OCH3 is 1. The molecule has 0 atom stereocenters. The number of piperazine rings is 1. The first kappa shape index (κ1) is 16.6. The summed E-state index contributed by atoms with van der Waals surface area (Å²) in [6.45, 7) is 3.99. The minimum absolute atomic E-state index is 0.902. The number of ether oxygens (including phenoxy) is 1. The monoisotopic (exact) mass is 350 g/mol. The Labute approximate surface area is 153 Å². The van der Waals surface area contributed by atoms with E-state index in [0.717, 1.165) is 47.5 Å². The van der Waals surface area contributed by atoms with Gasteiger partial charge in [-0.1, -0.05) is 0 Å². The fourth-order valence-electron chi connectivity index (χ4n) is 3.46. The average molecular weight is 350 g/mol. The summed E-state index contributed by atoms with van der Waals surface area (Å²) >= 11 is 0. The SMILES string of the molecule is COc1ccc([N+]2(C)CCN(n3cc(-c4ccncc4)cn3)CC2)cc1. The molecular formula is C20H24N5O+. The molecule has 0 N–H and O–H groups in total. The Balaban J connectivity index is 1.45. The Morgan fingerprint density at radius 1 is 0.962 bits per heavy atom. The summed E-state index contributed by atoms with van der Waals surface area (Å²) < 4.78 is 6.20. The molecule has 26 heavy (non-hydrogen) atoms. The Kier molecular flexibility index (Phi) is 4.34. The molecule has 0 radical (unpaired) electrons. The Bertz CT molecular complexity index is 851. The van der Waals surface area contributed by atoms with Crippen molar-refractivity contribution in [2.45, 2.75) is 0 Å². The van der Waals surface area contributed by atoms with Crippen LogP contribution in [0.1, 0.15) is 0 Å². The molecule has 134 valence electrons. The van der Waals surface area contributed by atoms with Crippen LogP contribution in [0.25, 0.3) is 11.1 Å². The maximum atomic E-state index is 5.27. The molecule has 1 aromatic carbocycles. The van der Waals surface area contributed by atoms with Crippen LogP contribution in [0.4, 0.5) is 5.69 Å². The fraction of sp³-hybridized carbons (Fsp3) is 0.300. The topological polar surface area (TPSA) is 43.2 Å². The van der Waals surface area contributed by atoms with E-state index in [1.807, 2.05) is 47.6 Å². The second-order valence-corrected chi connectivity index (χ2v) is 6.88. The molecule has 1 fully saturated rings. The van der Waals surface area contributed by atoms with Crippen molar-refractivity contribution in [2.24, 2.45) is 0 Å². The standard InChI is InChI=1S/C20H24N5O/c1-25(19-3-5-20(26-2)6-4-19)13-11-23(12-14-25)24-16-18(15-22-24)17-7-9-21-10-8-17/h3-10,15-16H,11-14H2,1-2H3/q+1. The number of hydrogen-bond acceptors (Lipinski definition) is 4. The Morgan fingerprint density at radius 2 is 1.65 bits per heavy atom. The largest absolute Gasteiger partial charge is 0.497 e. The van der Waals surface area contributed by atoms with Gasteiger partial charge in [-0.3, -0.25) is 14.5 Å². The quantitative estimate of drug-likeness (QED) is 0.678. The summed E-state index contributed by atoms with van der Waals surface area (Å²) in [5, 5.41) is 6.86. The van der Waals surface area contributed by atoms with Crippen molar-refractivity contribution >= 4 is 5.69 Å². The van der Waals surface area contributed by atoms with Crippen molar-refractivity contribution < 1.29 is 4.74 Å². The van der Waals surface area contributed by atoms with Gasteiger partial charge < -0.3 is 4.74 Å². The molecule has 3 heterocycles. The van der Waals surface area contributed by atoms with Crippen LogP contribution >= 0.6 is 0 Å². The maximum Gasteiger partial charge on any atom is 0.133 e. The summed E-state index contributed by atoms with van der Waals surface area (Å²) in [6.07, 6.45) is 7.64. The smallest absolute Gasteiger partial charge is 0.133 e. The summed E-state index contributed by atoms with van der Waals surface area (Å²) in [7, 11) is 4.00. The van der Waals surface area contributed by atoms with Gasteiger partial charge in [0, 0.05) is 30.1 Å². The predicted molar refractivity (Wildman–Crippen MR) is 104 cm³/mol. The first-order valence-corrected chi connectivity index (χ1v) is 8.87. The molecule has 1 aliphatic heterocycles. The van der Waals surface area contributed by atoms with Crippen LogP contribution in [-0.2, 0) is 0 Å². The molecule has 2 aromatic heterocycles. The molecule has 1 aliphatic rings. The van der Waals surface area contributed by atoms with E-state index in [2.05, 4.69) is 40.5 Å². The summed E-state index contributed by atoms with van der Waals surface area (Å²) in [5.41, 5.74) is 3.58. The van der Waals surface area contributed by atoms with Crippen LogP contribution in [0.2, 0.25) is 0 Å². The van der Waals surface area contributed by atoms with Crippen LogP contribution in [0, 0.1) is 0 Å². The Hall–Kier alpha value is -2.86. The minimum atomic E-state index is 0.902. The highest BCUT2D eigenvalue weighted by Gasteiger charge is 2.31. The third-order valence-electron chi connectivity index (χ3n) is 5.27. The summed E-state index contributed by atoms with van der Waals surface area (Å²) in [6, 6.07) is 12.4. The third kappa shape index (κ3) is 3.15. The number of nitrogens with zero attached hydrogens (tertiary/aromatic N) is 5. The first-order chi connectivity index (χ1) is 12.7. The van der Waals surface area contributed by atoms with Gasteiger partial charge in [-0.2, -0.15) is 9.89 Å². The van der Waals surface area contributed by atoms with E-state index in [0.29, 0.717) is 0 Å².